The van der Waals surface area contributed by atoms with Gasteiger partial charge in [0.2, 0.25) is 5.91 Å². The van der Waals surface area contributed by atoms with Crippen molar-refractivity contribution in [2.45, 2.75) is 45.2 Å². The van der Waals surface area contributed by atoms with Gasteiger partial charge in [0, 0.05) is 16.8 Å². The molecule has 2 heterocycles. The molecule has 2 atom stereocenters. The van der Waals surface area contributed by atoms with Crippen molar-refractivity contribution in [2.75, 3.05) is 5.32 Å². The molecular weight excluding hydrogens is 294 g/mol. The van der Waals surface area contributed by atoms with Crippen LogP contribution in [0.2, 0.25) is 0 Å². The molecule has 2 N–H and O–H groups in total. The summed E-state index contributed by atoms with van der Waals surface area (Å²) in [5.74, 6) is 0.0525. The minimum absolute atomic E-state index is 0.0525. The number of carbonyl (C=O) groups is 1. The number of hydrogen-bond donors (Lipinski definition) is 2. The fourth-order valence-corrected chi connectivity index (χ4v) is 3.75. The van der Waals surface area contributed by atoms with E-state index in [1.165, 1.54) is 5.56 Å². The fraction of sp³-hybridized carbons (Fsp3) is 0.412. The van der Waals surface area contributed by atoms with Crippen molar-refractivity contribution in [3.8, 4) is 0 Å². The normalized spacial score (nSPS) is 19.2. The number of benzene rings is 1. The standard InChI is InChI=1S/C17H21N3OS/c1-3-13(17-18-11(2)10-22-17)19-15-9-8-12-6-4-5-7-14(12)20-16(15)21/h4-7,10,13,15,19H,3,8-9H2,1-2H3,(H,20,21). The van der Waals surface area contributed by atoms with Crippen LogP contribution in [0.5, 0.6) is 0 Å². The van der Waals surface area contributed by atoms with Gasteiger partial charge in [-0.2, -0.15) is 0 Å². The molecule has 1 aromatic carbocycles. The monoisotopic (exact) mass is 315 g/mol. The van der Waals surface area contributed by atoms with Crippen molar-refractivity contribution in [2.24, 2.45) is 0 Å². The molecule has 0 radical (unpaired) electrons. The maximum absolute atomic E-state index is 12.5. The van der Waals surface area contributed by atoms with E-state index in [1.54, 1.807) is 11.3 Å². The van der Waals surface area contributed by atoms with Gasteiger partial charge in [0.15, 0.2) is 0 Å². The molecule has 2 aromatic rings. The number of aryl methyl sites for hydroxylation is 2. The summed E-state index contributed by atoms with van der Waals surface area (Å²) in [6, 6.07) is 7.99. The molecular formula is C17H21N3OS. The molecule has 1 amide bonds. The van der Waals surface area contributed by atoms with Crippen LogP contribution in [0.3, 0.4) is 0 Å². The number of nitrogens with one attached hydrogen (secondary N) is 2. The second-order valence-electron chi connectivity index (χ2n) is 5.69. The Bertz CT molecular complexity index is 667. The van der Waals surface area contributed by atoms with Gasteiger partial charge in [-0.05, 0) is 37.8 Å². The van der Waals surface area contributed by atoms with E-state index >= 15 is 0 Å². The van der Waals surface area contributed by atoms with E-state index in [-0.39, 0.29) is 18.0 Å². The quantitative estimate of drug-likeness (QED) is 0.908. The van der Waals surface area contributed by atoms with Crippen molar-refractivity contribution >= 4 is 22.9 Å². The van der Waals surface area contributed by atoms with Crippen molar-refractivity contribution in [3.05, 3.63) is 45.9 Å². The Hall–Kier alpha value is -1.72. The van der Waals surface area contributed by atoms with Crippen LogP contribution in [0.25, 0.3) is 0 Å². The summed E-state index contributed by atoms with van der Waals surface area (Å²) in [6.07, 6.45) is 2.63. The molecule has 4 nitrogen and oxygen atoms in total. The van der Waals surface area contributed by atoms with Crippen molar-refractivity contribution in [1.82, 2.24) is 10.3 Å². The molecule has 0 bridgehead atoms. The average Bonchev–Trinajstić information content (AvgIpc) is 2.88. The van der Waals surface area contributed by atoms with Crippen LogP contribution in [0, 0.1) is 6.92 Å². The molecule has 1 aliphatic heterocycles. The second kappa shape index (κ2) is 6.58. The molecule has 116 valence electrons. The van der Waals surface area contributed by atoms with Crippen LogP contribution >= 0.6 is 11.3 Å². The van der Waals surface area contributed by atoms with E-state index in [9.17, 15) is 4.79 Å². The van der Waals surface area contributed by atoms with Gasteiger partial charge in [-0.3, -0.25) is 10.1 Å². The van der Waals surface area contributed by atoms with Crippen LogP contribution in [0.1, 0.15) is 42.1 Å². The molecule has 0 spiro atoms. The van der Waals surface area contributed by atoms with Crippen molar-refractivity contribution < 1.29 is 4.79 Å². The second-order valence-corrected chi connectivity index (χ2v) is 6.58. The lowest BCUT2D eigenvalue weighted by atomic mass is 10.0. The summed E-state index contributed by atoms with van der Waals surface area (Å²) in [5.41, 5.74) is 3.19. The van der Waals surface area contributed by atoms with Crippen molar-refractivity contribution in [3.63, 3.8) is 0 Å². The average molecular weight is 315 g/mol. The third-order valence-electron chi connectivity index (χ3n) is 4.04. The van der Waals surface area contributed by atoms with Crippen LogP contribution in [0.4, 0.5) is 5.69 Å². The molecule has 0 saturated carbocycles. The number of fused-ring (bicyclic) bond motifs is 1. The lowest BCUT2D eigenvalue weighted by Gasteiger charge is -2.21. The maximum Gasteiger partial charge on any atom is 0.241 e. The maximum atomic E-state index is 12.5. The van der Waals surface area contributed by atoms with E-state index in [1.807, 2.05) is 25.1 Å². The van der Waals surface area contributed by atoms with Gasteiger partial charge in [0.1, 0.15) is 5.01 Å². The lowest BCUT2D eigenvalue weighted by molar-refractivity contribution is -0.118. The first-order chi connectivity index (χ1) is 10.7. The molecule has 1 aromatic heterocycles. The Labute approximate surface area is 135 Å². The largest absolute Gasteiger partial charge is 0.324 e. The summed E-state index contributed by atoms with van der Waals surface area (Å²) >= 11 is 1.66. The molecule has 2 unspecified atom stereocenters. The summed E-state index contributed by atoms with van der Waals surface area (Å²) < 4.78 is 0. The molecule has 5 heteroatoms. The van der Waals surface area contributed by atoms with Crippen molar-refractivity contribution in [1.29, 1.82) is 0 Å². The molecule has 0 fully saturated rings. The van der Waals surface area contributed by atoms with Gasteiger partial charge in [0.05, 0.1) is 12.1 Å². The molecule has 3 rings (SSSR count). The third-order valence-corrected chi connectivity index (χ3v) is 5.12. The summed E-state index contributed by atoms with van der Waals surface area (Å²) in [5, 5.41) is 9.66. The first-order valence-corrected chi connectivity index (χ1v) is 8.62. The molecule has 1 aliphatic rings. The highest BCUT2D eigenvalue weighted by Gasteiger charge is 2.26. The number of anilines is 1. The van der Waals surface area contributed by atoms with Gasteiger partial charge in [0.25, 0.3) is 0 Å². The predicted molar refractivity (Wildman–Crippen MR) is 90.2 cm³/mol. The molecule has 22 heavy (non-hydrogen) atoms. The third kappa shape index (κ3) is 3.20. The van der Waals surface area contributed by atoms with Gasteiger partial charge >= 0.3 is 0 Å². The molecule has 0 aliphatic carbocycles. The minimum Gasteiger partial charge on any atom is -0.324 e. The topological polar surface area (TPSA) is 54.0 Å². The highest BCUT2D eigenvalue weighted by Crippen LogP contribution is 2.25. The van der Waals surface area contributed by atoms with E-state index < -0.39 is 0 Å². The number of nitrogens with zero attached hydrogens (tertiary/aromatic N) is 1. The van der Waals surface area contributed by atoms with Gasteiger partial charge < -0.3 is 5.32 Å². The summed E-state index contributed by atoms with van der Waals surface area (Å²) in [7, 11) is 0. The SMILES string of the molecule is CCC(NC1CCc2ccccc2NC1=O)c1nc(C)cs1. The Kier molecular flexibility index (Phi) is 4.55. The van der Waals surface area contributed by atoms with E-state index in [4.69, 9.17) is 0 Å². The summed E-state index contributed by atoms with van der Waals surface area (Å²) in [6.45, 7) is 4.12. The number of hydrogen-bond acceptors (Lipinski definition) is 4. The van der Waals surface area contributed by atoms with E-state index in [0.717, 1.165) is 35.7 Å². The number of carbonyl (C=O) groups excluding carboxylic acids is 1. The number of thiazole rings is 1. The van der Waals surface area contributed by atoms with Crippen LogP contribution in [-0.2, 0) is 11.2 Å². The first-order valence-electron chi connectivity index (χ1n) is 7.74. The predicted octanol–water partition coefficient (Wildman–Crippen LogP) is 3.45. The first kappa shape index (κ1) is 15.2. The minimum atomic E-state index is -0.179. The van der Waals surface area contributed by atoms with Gasteiger partial charge in [-0.1, -0.05) is 25.1 Å². The van der Waals surface area contributed by atoms with E-state index in [0.29, 0.717) is 0 Å². The Morgan fingerprint density at radius 3 is 3.00 bits per heavy atom. The Morgan fingerprint density at radius 1 is 1.45 bits per heavy atom. The van der Waals surface area contributed by atoms with Crippen LogP contribution < -0.4 is 10.6 Å². The van der Waals surface area contributed by atoms with E-state index in [2.05, 4.69) is 34.0 Å². The van der Waals surface area contributed by atoms with Crippen LogP contribution in [0.15, 0.2) is 29.6 Å². The number of aromatic nitrogens is 1. The van der Waals surface area contributed by atoms with Crippen LogP contribution in [-0.4, -0.2) is 16.9 Å². The molecule has 0 saturated heterocycles. The fourth-order valence-electron chi connectivity index (χ4n) is 2.81. The number of amides is 1. The zero-order valence-corrected chi connectivity index (χ0v) is 13.7. The Morgan fingerprint density at radius 2 is 2.27 bits per heavy atom. The zero-order valence-electron chi connectivity index (χ0n) is 12.9. The number of para-hydroxylation sites is 1. The lowest BCUT2D eigenvalue weighted by Crippen LogP contribution is -2.41. The Balaban J connectivity index is 1.74. The van der Waals surface area contributed by atoms with Gasteiger partial charge in [-0.25, -0.2) is 4.98 Å². The summed E-state index contributed by atoms with van der Waals surface area (Å²) in [4.78, 5) is 17.0. The van der Waals surface area contributed by atoms with Gasteiger partial charge in [-0.15, -0.1) is 11.3 Å². The number of rotatable bonds is 4. The highest BCUT2D eigenvalue weighted by atomic mass is 32.1. The smallest absolute Gasteiger partial charge is 0.241 e. The highest BCUT2D eigenvalue weighted by molar-refractivity contribution is 7.09. The zero-order chi connectivity index (χ0) is 15.5.